The topological polar surface area (TPSA) is 35.5 Å². The van der Waals surface area contributed by atoms with Gasteiger partial charge in [0.25, 0.3) is 5.92 Å². The van der Waals surface area contributed by atoms with Gasteiger partial charge in [0.05, 0.1) is 13.0 Å². The van der Waals surface area contributed by atoms with Crippen molar-refractivity contribution in [2.75, 3.05) is 13.2 Å². The maximum atomic E-state index is 12.7. The highest BCUT2D eigenvalue weighted by atomic mass is 19.3. The van der Waals surface area contributed by atoms with Crippen molar-refractivity contribution in [2.24, 2.45) is 0 Å². The molecule has 0 spiro atoms. The third-order valence-electron chi connectivity index (χ3n) is 1.70. The molecule has 0 aliphatic carbocycles. The Kier molecular flexibility index (Phi) is 5.86. The Morgan fingerprint density at radius 2 is 1.81 bits per heavy atom. The zero-order chi connectivity index (χ0) is 12.8. The minimum absolute atomic E-state index is 0.00291. The van der Waals surface area contributed by atoms with Crippen LogP contribution in [0.3, 0.4) is 0 Å². The minimum Gasteiger partial charge on any atom is -0.460 e. The van der Waals surface area contributed by atoms with E-state index in [9.17, 15) is 13.6 Å². The molecule has 0 saturated heterocycles. The van der Waals surface area contributed by atoms with Gasteiger partial charge in [-0.2, -0.15) is 0 Å². The van der Waals surface area contributed by atoms with E-state index in [1.165, 1.54) is 6.92 Å². The molecule has 0 aromatic heterocycles. The van der Waals surface area contributed by atoms with Gasteiger partial charge in [0, 0.05) is 6.42 Å². The highest BCUT2D eigenvalue weighted by molar-refractivity contribution is 5.69. The molecule has 0 aromatic rings. The molecule has 0 fully saturated rings. The van der Waals surface area contributed by atoms with Gasteiger partial charge in [-0.15, -0.1) is 0 Å². The molecule has 0 aromatic carbocycles. The summed E-state index contributed by atoms with van der Waals surface area (Å²) in [5.74, 6) is -3.25. The molecular formula is C11H20F2O3. The van der Waals surface area contributed by atoms with E-state index in [1.54, 1.807) is 20.8 Å². The summed E-state index contributed by atoms with van der Waals surface area (Å²) in [4.78, 5) is 11.2. The van der Waals surface area contributed by atoms with Gasteiger partial charge in [-0.3, -0.25) is 4.79 Å². The maximum Gasteiger partial charge on any atom is 0.308 e. The van der Waals surface area contributed by atoms with E-state index >= 15 is 0 Å². The Morgan fingerprint density at radius 1 is 1.25 bits per heavy atom. The molecule has 16 heavy (non-hydrogen) atoms. The van der Waals surface area contributed by atoms with E-state index < -0.39 is 24.1 Å². The standard InChI is InChI=1S/C11H20F2O3/c1-5-11(12,13)8-15-7-6-9(14)16-10(2,3)4/h5-8H2,1-4H3. The Morgan fingerprint density at radius 3 is 2.25 bits per heavy atom. The number of esters is 1. The first-order valence-electron chi connectivity index (χ1n) is 5.34. The van der Waals surface area contributed by atoms with E-state index in [-0.39, 0.29) is 19.4 Å². The number of rotatable bonds is 6. The SMILES string of the molecule is CCC(F)(F)COCCC(=O)OC(C)(C)C. The van der Waals surface area contributed by atoms with Gasteiger partial charge in [0.15, 0.2) is 0 Å². The first kappa shape index (κ1) is 15.3. The third-order valence-corrected chi connectivity index (χ3v) is 1.70. The number of carbonyl (C=O) groups is 1. The summed E-state index contributed by atoms with van der Waals surface area (Å²) in [5, 5.41) is 0. The first-order valence-corrected chi connectivity index (χ1v) is 5.34. The summed E-state index contributed by atoms with van der Waals surface area (Å²) in [7, 11) is 0. The van der Waals surface area contributed by atoms with Crippen molar-refractivity contribution in [1.82, 2.24) is 0 Å². The van der Waals surface area contributed by atoms with Crippen molar-refractivity contribution >= 4 is 5.97 Å². The summed E-state index contributed by atoms with van der Waals surface area (Å²) >= 11 is 0. The van der Waals surface area contributed by atoms with Crippen LogP contribution in [0.15, 0.2) is 0 Å². The average Bonchev–Trinajstić information content (AvgIpc) is 2.10. The average molecular weight is 238 g/mol. The van der Waals surface area contributed by atoms with Crippen molar-refractivity contribution in [1.29, 1.82) is 0 Å². The first-order chi connectivity index (χ1) is 7.16. The van der Waals surface area contributed by atoms with Crippen LogP contribution in [0.4, 0.5) is 8.78 Å². The number of carbonyl (C=O) groups excluding carboxylic acids is 1. The molecule has 96 valence electrons. The Hall–Kier alpha value is -0.710. The summed E-state index contributed by atoms with van der Waals surface area (Å²) in [5.41, 5.74) is -0.551. The third kappa shape index (κ3) is 8.59. The lowest BCUT2D eigenvalue weighted by Crippen LogP contribution is -2.26. The molecular weight excluding hydrogens is 218 g/mol. The molecule has 3 nitrogen and oxygen atoms in total. The molecule has 0 amide bonds. The molecule has 0 rings (SSSR count). The van der Waals surface area contributed by atoms with Crippen molar-refractivity contribution in [3.8, 4) is 0 Å². The summed E-state index contributed by atoms with van der Waals surface area (Å²) in [6.45, 7) is 5.94. The van der Waals surface area contributed by atoms with Gasteiger partial charge in [0.2, 0.25) is 0 Å². The van der Waals surface area contributed by atoms with Gasteiger partial charge in [0.1, 0.15) is 12.2 Å². The Bertz CT molecular complexity index is 222. The van der Waals surface area contributed by atoms with Crippen molar-refractivity contribution in [3.05, 3.63) is 0 Å². The van der Waals surface area contributed by atoms with Crippen LogP contribution in [0, 0.1) is 0 Å². The lowest BCUT2D eigenvalue weighted by molar-refractivity contribution is -0.157. The molecule has 0 bridgehead atoms. The molecule has 5 heteroatoms. The number of halogens is 2. The van der Waals surface area contributed by atoms with Crippen LogP contribution in [0.2, 0.25) is 0 Å². The molecule has 0 aliphatic rings. The number of hydrogen-bond acceptors (Lipinski definition) is 3. The molecule has 0 aliphatic heterocycles. The highest BCUT2D eigenvalue weighted by Gasteiger charge is 2.26. The van der Waals surface area contributed by atoms with E-state index in [0.717, 1.165) is 0 Å². The van der Waals surface area contributed by atoms with Crippen molar-refractivity contribution in [2.45, 2.75) is 52.1 Å². The smallest absolute Gasteiger partial charge is 0.308 e. The summed E-state index contributed by atoms with van der Waals surface area (Å²) in [6.07, 6.45) is -0.267. The predicted molar refractivity (Wildman–Crippen MR) is 56.5 cm³/mol. The second-order valence-electron chi connectivity index (χ2n) is 4.60. The van der Waals surface area contributed by atoms with Gasteiger partial charge in [-0.25, -0.2) is 8.78 Å². The van der Waals surface area contributed by atoms with Crippen LogP contribution >= 0.6 is 0 Å². The molecule has 0 heterocycles. The van der Waals surface area contributed by atoms with E-state index in [4.69, 9.17) is 9.47 Å². The fourth-order valence-corrected chi connectivity index (χ4v) is 0.872. The number of alkyl halides is 2. The zero-order valence-corrected chi connectivity index (χ0v) is 10.3. The molecule has 0 unspecified atom stereocenters. The van der Waals surface area contributed by atoms with Crippen LogP contribution in [0.25, 0.3) is 0 Å². The summed E-state index contributed by atoms with van der Waals surface area (Å²) < 4.78 is 35.1. The second kappa shape index (κ2) is 6.13. The fourth-order valence-electron chi connectivity index (χ4n) is 0.872. The maximum absolute atomic E-state index is 12.7. The largest absolute Gasteiger partial charge is 0.460 e. The normalized spacial score (nSPS) is 12.6. The zero-order valence-electron chi connectivity index (χ0n) is 10.3. The highest BCUT2D eigenvalue weighted by Crippen LogP contribution is 2.17. The fraction of sp³-hybridized carbons (Fsp3) is 0.909. The molecule has 0 atom stereocenters. The Labute approximate surface area is 95.1 Å². The lowest BCUT2D eigenvalue weighted by Gasteiger charge is -2.19. The van der Waals surface area contributed by atoms with Crippen LogP contribution < -0.4 is 0 Å². The summed E-state index contributed by atoms with van der Waals surface area (Å²) in [6, 6.07) is 0. The minimum atomic E-state index is -2.81. The second-order valence-corrected chi connectivity index (χ2v) is 4.60. The van der Waals surface area contributed by atoms with Crippen LogP contribution in [0.1, 0.15) is 40.5 Å². The number of hydrogen-bond donors (Lipinski definition) is 0. The number of ether oxygens (including phenoxy) is 2. The van der Waals surface area contributed by atoms with E-state index in [1.807, 2.05) is 0 Å². The van der Waals surface area contributed by atoms with Crippen LogP contribution in [-0.4, -0.2) is 30.7 Å². The lowest BCUT2D eigenvalue weighted by atomic mass is 10.2. The molecule has 0 saturated carbocycles. The van der Waals surface area contributed by atoms with Crippen molar-refractivity contribution < 1.29 is 23.0 Å². The monoisotopic (exact) mass is 238 g/mol. The quantitative estimate of drug-likeness (QED) is 0.527. The van der Waals surface area contributed by atoms with Crippen LogP contribution in [0.5, 0.6) is 0 Å². The van der Waals surface area contributed by atoms with Gasteiger partial charge >= 0.3 is 5.97 Å². The molecule has 0 N–H and O–H groups in total. The van der Waals surface area contributed by atoms with Crippen molar-refractivity contribution in [3.63, 3.8) is 0 Å². The Balaban J connectivity index is 3.64. The van der Waals surface area contributed by atoms with E-state index in [2.05, 4.69) is 0 Å². The van der Waals surface area contributed by atoms with Gasteiger partial charge in [-0.1, -0.05) is 6.92 Å². The van der Waals surface area contributed by atoms with Gasteiger partial charge < -0.3 is 9.47 Å². The van der Waals surface area contributed by atoms with E-state index in [0.29, 0.717) is 0 Å². The predicted octanol–water partition coefficient (Wildman–Crippen LogP) is 2.78. The van der Waals surface area contributed by atoms with Gasteiger partial charge in [-0.05, 0) is 20.8 Å². The van der Waals surface area contributed by atoms with Crippen LogP contribution in [-0.2, 0) is 14.3 Å². The molecule has 0 radical (unpaired) electrons.